The fraction of sp³-hybridized carbons (Fsp3) is 0.0556. The molecule has 6 nitrogen and oxygen atoms in total. The molecule has 0 atom stereocenters. The van der Waals surface area contributed by atoms with Crippen LogP contribution in [0.2, 0.25) is 0 Å². The van der Waals surface area contributed by atoms with Gasteiger partial charge in [-0.1, -0.05) is 0 Å². The molecular formula is C18H13FN4O2S. The summed E-state index contributed by atoms with van der Waals surface area (Å²) in [6.07, 6.45) is 3.00. The van der Waals surface area contributed by atoms with Gasteiger partial charge in [-0.25, -0.2) is 14.4 Å². The molecule has 1 N–H and O–H groups in total. The zero-order valence-corrected chi connectivity index (χ0v) is 14.5. The Labute approximate surface area is 152 Å². The van der Waals surface area contributed by atoms with Crippen molar-refractivity contribution >= 4 is 23.1 Å². The normalized spacial score (nSPS) is 10.8. The number of nitrogens with zero attached hydrogens (tertiary/aromatic N) is 3. The second kappa shape index (κ2) is 6.57. The van der Waals surface area contributed by atoms with Gasteiger partial charge in [0.25, 0.3) is 5.91 Å². The van der Waals surface area contributed by atoms with E-state index in [9.17, 15) is 9.18 Å². The molecular weight excluding hydrogens is 355 g/mol. The van der Waals surface area contributed by atoms with Crippen LogP contribution in [-0.2, 0) is 0 Å². The molecule has 8 heteroatoms. The summed E-state index contributed by atoms with van der Waals surface area (Å²) in [4.78, 5) is 21.1. The molecule has 0 saturated carbocycles. The fourth-order valence-electron chi connectivity index (χ4n) is 2.48. The number of rotatable bonds is 4. The SMILES string of the molecule is Cc1ncc(NC(=O)c2ccco2)n1-c1nc(-c2ccc(F)cc2)cs1. The first-order valence-electron chi connectivity index (χ1n) is 7.73. The Bertz CT molecular complexity index is 1050. The monoisotopic (exact) mass is 368 g/mol. The van der Waals surface area contributed by atoms with Crippen LogP contribution in [0.1, 0.15) is 16.4 Å². The highest BCUT2D eigenvalue weighted by Crippen LogP contribution is 2.27. The van der Waals surface area contributed by atoms with E-state index in [1.165, 1.54) is 29.7 Å². The van der Waals surface area contributed by atoms with Crippen molar-refractivity contribution in [1.29, 1.82) is 0 Å². The van der Waals surface area contributed by atoms with Crippen LogP contribution in [0.5, 0.6) is 0 Å². The summed E-state index contributed by atoms with van der Waals surface area (Å²) in [5, 5.41) is 5.30. The van der Waals surface area contributed by atoms with Gasteiger partial charge in [-0.3, -0.25) is 9.36 Å². The van der Waals surface area contributed by atoms with E-state index in [1.807, 2.05) is 12.3 Å². The predicted octanol–water partition coefficient (Wildman–Crippen LogP) is 4.29. The standard InChI is InChI=1S/C18H13FN4O2S/c1-11-20-9-16(22-17(24)15-3-2-8-25-15)23(11)18-21-14(10-26-18)12-4-6-13(19)7-5-12/h2-10H,1H3,(H,22,24). The van der Waals surface area contributed by atoms with Gasteiger partial charge in [-0.15, -0.1) is 11.3 Å². The van der Waals surface area contributed by atoms with Crippen molar-refractivity contribution in [3.8, 4) is 16.4 Å². The molecule has 0 spiro atoms. The number of benzene rings is 1. The molecule has 26 heavy (non-hydrogen) atoms. The van der Waals surface area contributed by atoms with Crippen LogP contribution in [0.25, 0.3) is 16.4 Å². The maximum Gasteiger partial charge on any atom is 0.292 e. The predicted molar refractivity (Wildman–Crippen MR) is 96.0 cm³/mol. The van der Waals surface area contributed by atoms with E-state index in [2.05, 4.69) is 15.3 Å². The van der Waals surface area contributed by atoms with Gasteiger partial charge >= 0.3 is 0 Å². The number of carbonyl (C=O) groups excluding carboxylic acids is 1. The Morgan fingerprint density at radius 3 is 2.81 bits per heavy atom. The molecule has 0 bridgehead atoms. The van der Waals surface area contributed by atoms with E-state index in [0.29, 0.717) is 16.8 Å². The molecule has 0 fully saturated rings. The van der Waals surface area contributed by atoms with E-state index < -0.39 is 0 Å². The van der Waals surface area contributed by atoms with Crippen molar-refractivity contribution in [3.05, 3.63) is 71.6 Å². The molecule has 3 heterocycles. The minimum atomic E-state index is -0.369. The van der Waals surface area contributed by atoms with Gasteiger partial charge < -0.3 is 9.73 Å². The first kappa shape index (κ1) is 16.2. The number of halogens is 1. The first-order chi connectivity index (χ1) is 12.6. The van der Waals surface area contributed by atoms with Gasteiger partial charge in [-0.2, -0.15) is 0 Å². The second-order valence-corrected chi connectivity index (χ2v) is 6.32. The summed E-state index contributed by atoms with van der Waals surface area (Å²) in [5.41, 5.74) is 1.54. The molecule has 0 aliphatic rings. The highest BCUT2D eigenvalue weighted by atomic mass is 32.1. The van der Waals surface area contributed by atoms with Gasteiger partial charge in [0.05, 0.1) is 18.2 Å². The number of imidazole rings is 1. The maximum atomic E-state index is 13.1. The lowest BCUT2D eigenvalue weighted by atomic mass is 10.2. The molecule has 1 amide bonds. The third-order valence-corrected chi connectivity index (χ3v) is 4.57. The summed E-state index contributed by atoms with van der Waals surface area (Å²) in [6, 6.07) is 9.37. The summed E-state index contributed by atoms with van der Waals surface area (Å²) < 4.78 is 20.0. The minimum Gasteiger partial charge on any atom is -0.459 e. The van der Waals surface area contributed by atoms with Crippen molar-refractivity contribution in [2.45, 2.75) is 6.92 Å². The number of anilines is 1. The average molecular weight is 368 g/mol. The van der Waals surface area contributed by atoms with Crippen LogP contribution >= 0.6 is 11.3 Å². The zero-order valence-electron chi connectivity index (χ0n) is 13.6. The van der Waals surface area contributed by atoms with Gasteiger partial charge in [0.15, 0.2) is 10.9 Å². The highest BCUT2D eigenvalue weighted by Gasteiger charge is 2.17. The molecule has 130 valence electrons. The van der Waals surface area contributed by atoms with Gasteiger partial charge in [-0.05, 0) is 43.3 Å². The molecule has 0 aliphatic heterocycles. The lowest BCUT2D eigenvalue weighted by Crippen LogP contribution is -2.14. The number of carbonyl (C=O) groups is 1. The number of amides is 1. The number of thiazole rings is 1. The van der Waals surface area contributed by atoms with Crippen molar-refractivity contribution in [1.82, 2.24) is 14.5 Å². The third kappa shape index (κ3) is 3.02. The lowest BCUT2D eigenvalue weighted by Gasteiger charge is -2.07. The van der Waals surface area contributed by atoms with Crippen molar-refractivity contribution < 1.29 is 13.6 Å². The first-order valence-corrected chi connectivity index (χ1v) is 8.61. The molecule has 4 rings (SSSR count). The van der Waals surface area contributed by atoms with E-state index >= 15 is 0 Å². The topological polar surface area (TPSA) is 73.0 Å². The number of nitrogens with one attached hydrogen (secondary N) is 1. The Balaban J connectivity index is 1.65. The van der Waals surface area contributed by atoms with Crippen LogP contribution in [-0.4, -0.2) is 20.4 Å². The Morgan fingerprint density at radius 1 is 1.27 bits per heavy atom. The third-order valence-electron chi connectivity index (χ3n) is 3.75. The molecule has 0 unspecified atom stereocenters. The number of aryl methyl sites for hydroxylation is 1. The Kier molecular flexibility index (Phi) is 4.10. The average Bonchev–Trinajstić information content (AvgIpc) is 3.36. The molecule has 1 aromatic carbocycles. The number of hydrogen-bond acceptors (Lipinski definition) is 5. The maximum absolute atomic E-state index is 13.1. The number of aromatic nitrogens is 3. The lowest BCUT2D eigenvalue weighted by molar-refractivity contribution is 0.0996. The zero-order chi connectivity index (χ0) is 18.1. The van der Waals surface area contributed by atoms with Crippen LogP contribution in [0.15, 0.2) is 58.7 Å². The van der Waals surface area contributed by atoms with Gasteiger partial charge in [0, 0.05) is 10.9 Å². The van der Waals surface area contributed by atoms with Crippen LogP contribution in [0, 0.1) is 12.7 Å². The van der Waals surface area contributed by atoms with Crippen molar-refractivity contribution in [2.24, 2.45) is 0 Å². The van der Waals surface area contributed by atoms with E-state index in [-0.39, 0.29) is 17.5 Å². The highest BCUT2D eigenvalue weighted by molar-refractivity contribution is 7.12. The van der Waals surface area contributed by atoms with E-state index in [4.69, 9.17) is 4.42 Å². The quantitative estimate of drug-likeness (QED) is 0.583. The number of hydrogen-bond donors (Lipinski definition) is 1. The van der Waals surface area contributed by atoms with Gasteiger partial charge in [0.2, 0.25) is 0 Å². The van der Waals surface area contributed by atoms with Crippen LogP contribution < -0.4 is 5.32 Å². The van der Waals surface area contributed by atoms with E-state index in [0.717, 1.165) is 11.3 Å². The van der Waals surface area contributed by atoms with Crippen molar-refractivity contribution in [3.63, 3.8) is 0 Å². The van der Waals surface area contributed by atoms with Crippen LogP contribution in [0.4, 0.5) is 10.2 Å². The molecule has 3 aromatic heterocycles. The molecule has 0 saturated heterocycles. The Hall–Kier alpha value is -3.26. The summed E-state index contributed by atoms with van der Waals surface area (Å²) in [6.45, 7) is 1.82. The number of furan rings is 1. The minimum absolute atomic E-state index is 0.210. The van der Waals surface area contributed by atoms with Crippen LogP contribution in [0.3, 0.4) is 0 Å². The second-order valence-electron chi connectivity index (χ2n) is 5.48. The van der Waals surface area contributed by atoms with Crippen molar-refractivity contribution in [2.75, 3.05) is 5.32 Å². The fourth-order valence-corrected chi connectivity index (χ4v) is 3.37. The molecule has 0 aliphatic carbocycles. The smallest absolute Gasteiger partial charge is 0.292 e. The summed E-state index contributed by atoms with van der Waals surface area (Å²) in [5.74, 6) is 0.717. The van der Waals surface area contributed by atoms with E-state index in [1.54, 1.807) is 35.0 Å². The summed E-state index contributed by atoms with van der Waals surface area (Å²) in [7, 11) is 0. The molecule has 0 radical (unpaired) electrons. The molecule has 4 aromatic rings. The Morgan fingerprint density at radius 2 is 2.08 bits per heavy atom. The largest absolute Gasteiger partial charge is 0.459 e. The van der Waals surface area contributed by atoms with Gasteiger partial charge in [0.1, 0.15) is 17.5 Å². The summed E-state index contributed by atoms with van der Waals surface area (Å²) >= 11 is 1.40.